The molecule has 20 heavy (non-hydrogen) atoms. The summed E-state index contributed by atoms with van der Waals surface area (Å²) in [5.41, 5.74) is -0.907. The monoisotopic (exact) mass is 304 g/mol. The van der Waals surface area contributed by atoms with E-state index in [0.29, 0.717) is 31.8 Å². The Kier molecular flexibility index (Phi) is 4.71. The van der Waals surface area contributed by atoms with Crippen molar-refractivity contribution < 1.29 is 18.3 Å². The number of hydrogen-bond donors (Lipinski definition) is 2. The summed E-state index contributed by atoms with van der Waals surface area (Å²) in [5.74, 6) is -0.327. The second-order valence-corrected chi connectivity index (χ2v) is 7.96. The van der Waals surface area contributed by atoms with Crippen LogP contribution in [-0.4, -0.2) is 43.4 Å². The Bertz CT molecular complexity index is 449. The standard InChI is InChI=1S/C13H24N2O4S/c1-11-4-8-15(9-5-11)20(18,19)14-10-13(12(16)17)6-2-3-7-13/h11,14H,2-10H2,1H3,(H,16,17). The van der Waals surface area contributed by atoms with Gasteiger partial charge in [0.2, 0.25) is 0 Å². The van der Waals surface area contributed by atoms with E-state index in [-0.39, 0.29) is 6.54 Å². The van der Waals surface area contributed by atoms with E-state index in [9.17, 15) is 18.3 Å². The molecule has 1 heterocycles. The quantitative estimate of drug-likeness (QED) is 0.799. The molecule has 116 valence electrons. The second kappa shape index (κ2) is 5.99. The van der Waals surface area contributed by atoms with Crippen LogP contribution < -0.4 is 4.72 Å². The Hall–Kier alpha value is -0.660. The molecule has 0 spiro atoms. The van der Waals surface area contributed by atoms with Gasteiger partial charge in [0.15, 0.2) is 0 Å². The lowest BCUT2D eigenvalue weighted by Gasteiger charge is -2.31. The predicted octanol–water partition coefficient (Wildman–Crippen LogP) is 1.20. The number of piperidine rings is 1. The van der Waals surface area contributed by atoms with Crippen LogP contribution in [0.2, 0.25) is 0 Å². The summed E-state index contributed by atoms with van der Waals surface area (Å²) in [6.45, 7) is 3.18. The first-order valence-corrected chi connectivity index (χ1v) is 8.78. The summed E-state index contributed by atoms with van der Waals surface area (Å²) in [5, 5.41) is 9.36. The Labute approximate surface area is 120 Å². The topological polar surface area (TPSA) is 86.7 Å². The number of carboxylic acids is 1. The average molecular weight is 304 g/mol. The van der Waals surface area contributed by atoms with Gasteiger partial charge in [-0.25, -0.2) is 4.72 Å². The molecule has 0 unspecified atom stereocenters. The van der Waals surface area contributed by atoms with Crippen LogP contribution in [0.15, 0.2) is 0 Å². The number of hydrogen-bond acceptors (Lipinski definition) is 3. The van der Waals surface area contributed by atoms with Crippen molar-refractivity contribution in [1.82, 2.24) is 9.03 Å². The third-order valence-corrected chi connectivity index (χ3v) is 6.24. The van der Waals surface area contributed by atoms with Gasteiger partial charge in [-0.15, -0.1) is 0 Å². The summed E-state index contributed by atoms with van der Waals surface area (Å²) in [6.07, 6.45) is 4.56. The highest BCUT2D eigenvalue weighted by molar-refractivity contribution is 7.87. The normalized spacial score (nSPS) is 24.9. The predicted molar refractivity (Wildman–Crippen MR) is 75.4 cm³/mol. The molecule has 6 nitrogen and oxygen atoms in total. The van der Waals surface area contributed by atoms with Crippen molar-refractivity contribution in [1.29, 1.82) is 0 Å². The summed E-state index contributed by atoms with van der Waals surface area (Å²) in [4.78, 5) is 11.4. The summed E-state index contributed by atoms with van der Waals surface area (Å²) in [7, 11) is -3.55. The van der Waals surface area contributed by atoms with E-state index in [2.05, 4.69) is 11.6 Å². The molecular weight excluding hydrogens is 280 g/mol. The minimum absolute atomic E-state index is 0.0106. The summed E-state index contributed by atoms with van der Waals surface area (Å²) < 4.78 is 28.4. The molecule has 2 N–H and O–H groups in total. The minimum atomic E-state index is -3.55. The van der Waals surface area contributed by atoms with Crippen LogP contribution in [0.25, 0.3) is 0 Å². The van der Waals surface area contributed by atoms with E-state index in [1.807, 2.05) is 0 Å². The maximum Gasteiger partial charge on any atom is 0.310 e. The zero-order valence-electron chi connectivity index (χ0n) is 12.0. The van der Waals surface area contributed by atoms with Gasteiger partial charge in [-0.05, 0) is 31.6 Å². The highest BCUT2D eigenvalue weighted by Crippen LogP contribution is 2.38. The lowest BCUT2D eigenvalue weighted by Crippen LogP contribution is -2.49. The van der Waals surface area contributed by atoms with Crippen molar-refractivity contribution in [3.8, 4) is 0 Å². The van der Waals surface area contributed by atoms with Crippen LogP contribution in [0.4, 0.5) is 0 Å². The van der Waals surface area contributed by atoms with Crippen molar-refractivity contribution in [3.05, 3.63) is 0 Å². The van der Waals surface area contributed by atoms with Crippen LogP contribution in [0.3, 0.4) is 0 Å². The number of rotatable bonds is 5. The van der Waals surface area contributed by atoms with Crippen LogP contribution in [-0.2, 0) is 15.0 Å². The third-order valence-electron chi connectivity index (χ3n) is 4.69. The van der Waals surface area contributed by atoms with Gasteiger partial charge in [0.25, 0.3) is 10.2 Å². The average Bonchev–Trinajstić information content (AvgIpc) is 2.87. The zero-order chi connectivity index (χ0) is 14.8. The third kappa shape index (κ3) is 3.32. The summed E-state index contributed by atoms with van der Waals surface area (Å²) in [6, 6.07) is 0. The Morgan fingerprint density at radius 3 is 2.35 bits per heavy atom. The van der Waals surface area contributed by atoms with E-state index in [1.165, 1.54) is 4.31 Å². The minimum Gasteiger partial charge on any atom is -0.481 e. The molecule has 1 saturated heterocycles. The fourth-order valence-electron chi connectivity index (χ4n) is 3.06. The molecule has 2 fully saturated rings. The molecule has 1 saturated carbocycles. The van der Waals surface area contributed by atoms with Gasteiger partial charge in [-0.3, -0.25) is 4.79 Å². The van der Waals surface area contributed by atoms with Gasteiger partial charge in [-0.2, -0.15) is 12.7 Å². The fraction of sp³-hybridized carbons (Fsp3) is 0.923. The van der Waals surface area contributed by atoms with Crippen LogP contribution in [0, 0.1) is 11.3 Å². The number of nitrogens with zero attached hydrogens (tertiary/aromatic N) is 1. The van der Waals surface area contributed by atoms with Gasteiger partial charge in [0, 0.05) is 19.6 Å². The van der Waals surface area contributed by atoms with Crippen molar-refractivity contribution in [3.63, 3.8) is 0 Å². The molecule has 0 amide bonds. The highest BCUT2D eigenvalue weighted by Gasteiger charge is 2.42. The molecule has 0 bridgehead atoms. The maximum atomic E-state index is 12.2. The van der Waals surface area contributed by atoms with Crippen molar-refractivity contribution in [2.24, 2.45) is 11.3 Å². The number of carbonyl (C=O) groups is 1. The molecule has 0 atom stereocenters. The highest BCUT2D eigenvalue weighted by atomic mass is 32.2. The molecule has 2 aliphatic rings. The number of aliphatic carboxylic acids is 1. The largest absolute Gasteiger partial charge is 0.481 e. The lowest BCUT2D eigenvalue weighted by molar-refractivity contribution is -0.148. The Morgan fingerprint density at radius 2 is 1.85 bits per heavy atom. The van der Waals surface area contributed by atoms with Crippen LogP contribution in [0.5, 0.6) is 0 Å². The molecule has 2 rings (SSSR count). The van der Waals surface area contributed by atoms with Crippen molar-refractivity contribution >= 4 is 16.2 Å². The van der Waals surface area contributed by atoms with Gasteiger partial charge in [0.1, 0.15) is 0 Å². The van der Waals surface area contributed by atoms with E-state index in [4.69, 9.17) is 0 Å². The molecule has 7 heteroatoms. The van der Waals surface area contributed by atoms with E-state index in [0.717, 1.165) is 25.7 Å². The molecule has 0 aromatic rings. The van der Waals surface area contributed by atoms with E-state index < -0.39 is 21.6 Å². The molecule has 0 aromatic heterocycles. The Balaban J connectivity index is 1.96. The van der Waals surface area contributed by atoms with Crippen molar-refractivity contribution in [2.75, 3.05) is 19.6 Å². The van der Waals surface area contributed by atoms with Crippen molar-refractivity contribution in [2.45, 2.75) is 45.4 Å². The van der Waals surface area contributed by atoms with Gasteiger partial charge >= 0.3 is 5.97 Å². The van der Waals surface area contributed by atoms with E-state index >= 15 is 0 Å². The first-order valence-electron chi connectivity index (χ1n) is 7.34. The fourth-order valence-corrected chi connectivity index (χ4v) is 4.40. The number of carboxylic acid groups (broad SMARTS) is 1. The SMILES string of the molecule is CC1CCN(S(=O)(=O)NCC2(C(=O)O)CCCC2)CC1. The van der Waals surface area contributed by atoms with E-state index in [1.54, 1.807) is 0 Å². The smallest absolute Gasteiger partial charge is 0.310 e. The molecular formula is C13H24N2O4S. The van der Waals surface area contributed by atoms with Crippen LogP contribution >= 0.6 is 0 Å². The molecule has 0 radical (unpaired) electrons. The van der Waals surface area contributed by atoms with Gasteiger partial charge < -0.3 is 5.11 Å². The second-order valence-electron chi connectivity index (χ2n) is 6.20. The summed E-state index contributed by atoms with van der Waals surface area (Å²) >= 11 is 0. The van der Waals surface area contributed by atoms with Crippen LogP contribution in [0.1, 0.15) is 45.4 Å². The molecule has 0 aromatic carbocycles. The Morgan fingerprint density at radius 1 is 1.30 bits per heavy atom. The van der Waals surface area contributed by atoms with Gasteiger partial charge in [-0.1, -0.05) is 19.8 Å². The zero-order valence-corrected chi connectivity index (χ0v) is 12.8. The first kappa shape index (κ1) is 15.7. The number of nitrogens with one attached hydrogen (secondary N) is 1. The maximum absolute atomic E-state index is 12.2. The molecule has 1 aliphatic heterocycles. The molecule has 1 aliphatic carbocycles. The van der Waals surface area contributed by atoms with Gasteiger partial charge in [0.05, 0.1) is 5.41 Å². The first-order chi connectivity index (χ1) is 9.36. The lowest BCUT2D eigenvalue weighted by atomic mass is 9.87.